The molecule has 2 aromatic rings. The topological polar surface area (TPSA) is 60.0 Å². The maximum Gasteiger partial charge on any atom is 0.180 e. The van der Waals surface area contributed by atoms with E-state index in [1.165, 1.54) is 23.9 Å². The van der Waals surface area contributed by atoms with Gasteiger partial charge in [-0.3, -0.25) is 0 Å². The normalized spacial score (nSPS) is 11.8. The summed E-state index contributed by atoms with van der Waals surface area (Å²) in [6.45, 7) is 4.25. The standard InChI is InChI=1S/C19H20FN3OS/c1-2-10-24-13-17-11-18(20)9-8-16(17)12-22-23-19(21)25-14-15-6-4-3-5-7-15/h2-9,11-12H,1,10,13-14H2,(H2,21,23). The molecule has 0 heterocycles. The van der Waals surface area contributed by atoms with Gasteiger partial charge >= 0.3 is 0 Å². The maximum absolute atomic E-state index is 13.4. The van der Waals surface area contributed by atoms with Crippen LogP contribution in [0, 0.1) is 5.82 Å². The van der Waals surface area contributed by atoms with Crippen molar-refractivity contribution in [2.75, 3.05) is 6.61 Å². The number of halogens is 1. The zero-order valence-electron chi connectivity index (χ0n) is 13.8. The summed E-state index contributed by atoms with van der Waals surface area (Å²) >= 11 is 1.41. The van der Waals surface area contributed by atoms with Gasteiger partial charge in [-0.15, -0.1) is 11.7 Å². The van der Waals surface area contributed by atoms with Gasteiger partial charge in [-0.05, 0) is 23.3 Å². The quantitative estimate of drug-likeness (QED) is 0.254. The Morgan fingerprint density at radius 3 is 2.80 bits per heavy atom. The molecule has 2 aromatic carbocycles. The Bertz CT molecular complexity index is 748. The van der Waals surface area contributed by atoms with Crippen molar-refractivity contribution >= 4 is 23.1 Å². The van der Waals surface area contributed by atoms with Crippen molar-refractivity contribution in [3.63, 3.8) is 0 Å². The van der Waals surface area contributed by atoms with Crippen molar-refractivity contribution in [2.24, 2.45) is 15.9 Å². The lowest BCUT2D eigenvalue weighted by Crippen LogP contribution is -2.06. The van der Waals surface area contributed by atoms with E-state index in [1.54, 1.807) is 18.4 Å². The molecule has 0 aliphatic carbocycles. The van der Waals surface area contributed by atoms with Crippen LogP contribution in [-0.4, -0.2) is 18.0 Å². The molecule has 0 fully saturated rings. The molecule has 0 aromatic heterocycles. The molecule has 0 amide bonds. The van der Waals surface area contributed by atoms with Gasteiger partial charge in [0, 0.05) is 11.3 Å². The Morgan fingerprint density at radius 1 is 1.24 bits per heavy atom. The van der Waals surface area contributed by atoms with Gasteiger partial charge in [-0.2, -0.15) is 5.10 Å². The van der Waals surface area contributed by atoms with E-state index in [9.17, 15) is 4.39 Å². The summed E-state index contributed by atoms with van der Waals surface area (Å²) < 4.78 is 18.8. The maximum atomic E-state index is 13.4. The first-order valence-electron chi connectivity index (χ1n) is 7.69. The summed E-state index contributed by atoms with van der Waals surface area (Å²) in [6.07, 6.45) is 3.18. The molecule has 2 rings (SSSR count). The predicted octanol–water partition coefficient (Wildman–Crippen LogP) is 4.11. The van der Waals surface area contributed by atoms with Crippen LogP contribution in [0.2, 0.25) is 0 Å². The van der Waals surface area contributed by atoms with E-state index >= 15 is 0 Å². The second-order valence-electron chi connectivity index (χ2n) is 5.10. The molecule has 0 bridgehead atoms. The van der Waals surface area contributed by atoms with E-state index in [-0.39, 0.29) is 12.4 Å². The minimum atomic E-state index is -0.323. The number of rotatable bonds is 8. The number of amidine groups is 1. The number of benzene rings is 2. The fourth-order valence-electron chi connectivity index (χ4n) is 1.99. The van der Waals surface area contributed by atoms with Gasteiger partial charge in [0.2, 0.25) is 0 Å². The van der Waals surface area contributed by atoms with Crippen LogP contribution in [0.3, 0.4) is 0 Å². The minimum Gasteiger partial charge on any atom is -0.377 e. The van der Waals surface area contributed by atoms with Crippen molar-refractivity contribution in [3.05, 3.63) is 83.7 Å². The van der Waals surface area contributed by atoms with Crippen LogP contribution >= 0.6 is 11.8 Å². The van der Waals surface area contributed by atoms with E-state index in [0.717, 1.165) is 16.9 Å². The fourth-order valence-corrected chi connectivity index (χ4v) is 2.60. The molecule has 4 nitrogen and oxygen atoms in total. The van der Waals surface area contributed by atoms with Gasteiger partial charge < -0.3 is 10.5 Å². The molecule has 0 radical (unpaired) electrons. The van der Waals surface area contributed by atoms with E-state index < -0.39 is 0 Å². The third-order valence-corrected chi connectivity index (χ3v) is 4.04. The molecule has 25 heavy (non-hydrogen) atoms. The number of hydrogen-bond acceptors (Lipinski definition) is 4. The summed E-state index contributed by atoms with van der Waals surface area (Å²) in [7, 11) is 0. The van der Waals surface area contributed by atoms with Gasteiger partial charge in [-0.25, -0.2) is 4.39 Å². The summed E-state index contributed by atoms with van der Waals surface area (Å²) in [5.74, 6) is 0.402. The molecule has 6 heteroatoms. The van der Waals surface area contributed by atoms with Crippen LogP contribution in [0.4, 0.5) is 4.39 Å². The van der Waals surface area contributed by atoms with Crippen molar-refractivity contribution in [2.45, 2.75) is 12.4 Å². The lowest BCUT2D eigenvalue weighted by Gasteiger charge is -2.05. The average molecular weight is 357 g/mol. The summed E-state index contributed by atoms with van der Waals surface area (Å²) in [5.41, 5.74) is 8.43. The molecular weight excluding hydrogens is 337 g/mol. The monoisotopic (exact) mass is 357 g/mol. The molecule has 0 saturated carbocycles. The smallest absolute Gasteiger partial charge is 0.180 e. The molecule has 2 N–H and O–H groups in total. The highest BCUT2D eigenvalue weighted by Gasteiger charge is 2.03. The lowest BCUT2D eigenvalue weighted by molar-refractivity contribution is 0.148. The van der Waals surface area contributed by atoms with Crippen molar-refractivity contribution in [1.82, 2.24) is 0 Å². The number of nitrogens with two attached hydrogens (primary N) is 1. The zero-order valence-corrected chi connectivity index (χ0v) is 14.6. The van der Waals surface area contributed by atoms with E-state index in [0.29, 0.717) is 17.3 Å². The summed E-state index contributed by atoms with van der Waals surface area (Å²) in [6, 6.07) is 14.4. The lowest BCUT2D eigenvalue weighted by atomic mass is 10.1. The first-order valence-corrected chi connectivity index (χ1v) is 8.68. The number of ether oxygens (including phenoxy) is 1. The molecule has 130 valence electrons. The van der Waals surface area contributed by atoms with E-state index in [1.807, 2.05) is 30.3 Å². The molecule has 0 aliphatic heterocycles. The first kappa shape index (κ1) is 18.9. The molecule has 0 saturated heterocycles. The first-order chi connectivity index (χ1) is 12.2. The minimum absolute atomic E-state index is 0.271. The van der Waals surface area contributed by atoms with Crippen LogP contribution in [0.1, 0.15) is 16.7 Å². The number of nitrogens with zero attached hydrogens (tertiary/aromatic N) is 2. The van der Waals surface area contributed by atoms with Gasteiger partial charge in [0.25, 0.3) is 0 Å². The molecular formula is C19H20FN3OS. The third-order valence-electron chi connectivity index (χ3n) is 3.18. The second kappa shape index (κ2) is 10.4. The van der Waals surface area contributed by atoms with E-state index in [2.05, 4.69) is 16.8 Å². The van der Waals surface area contributed by atoms with E-state index in [4.69, 9.17) is 10.5 Å². The van der Waals surface area contributed by atoms with Crippen molar-refractivity contribution in [1.29, 1.82) is 0 Å². The van der Waals surface area contributed by atoms with Gasteiger partial charge in [0.15, 0.2) is 5.17 Å². The van der Waals surface area contributed by atoms with Crippen molar-refractivity contribution < 1.29 is 9.13 Å². The molecule has 0 atom stereocenters. The Hall–Kier alpha value is -2.44. The van der Waals surface area contributed by atoms with Crippen LogP contribution in [-0.2, 0) is 17.1 Å². The Kier molecular flexibility index (Phi) is 7.88. The highest BCUT2D eigenvalue weighted by molar-refractivity contribution is 8.13. The zero-order chi connectivity index (χ0) is 17.9. The Balaban J connectivity index is 1.96. The fraction of sp³-hybridized carbons (Fsp3) is 0.158. The molecule has 0 aliphatic rings. The Morgan fingerprint density at radius 2 is 2.04 bits per heavy atom. The van der Waals surface area contributed by atoms with Crippen LogP contribution in [0.25, 0.3) is 0 Å². The number of hydrogen-bond donors (Lipinski definition) is 1. The molecule has 0 spiro atoms. The van der Waals surface area contributed by atoms with Gasteiger partial charge in [0.05, 0.1) is 19.4 Å². The number of thioether (sulfide) groups is 1. The average Bonchev–Trinajstić information content (AvgIpc) is 2.63. The highest BCUT2D eigenvalue weighted by atomic mass is 32.2. The van der Waals surface area contributed by atoms with Crippen LogP contribution in [0.15, 0.2) is 71.4 Å². The molecule has 0 unspecified atom stereocenters. The third kappa shape index (κ3) is 6.91. The summed E-state index contributed by atoms with van der Waals surface area (Å²) in [4.78, 5) is 0. The van der Waals surface area contributed by atoms with Gasteiger partial charge in [0.1, 0.15) is 5.82 Å². The highest BCUT2D eigenvalue weighted by Crippen LogP contribution is 2.13. The SMILES string of the molecule is C=CCOCc1cc(F)ccc1C=NN=C(N)SCc1ccccc1. The van der Waals surface area contributed by atoms with Crippen LogP contribution < -0.4 is 5.73 Å². The van der Waals surface area contributed by atoms with Crippen LogP contribution in [0.5, 0.6) is 0 Å². The predicted molar refractivity (Wildman–Crippen MR) is 103 cm³/mol. The largest absolute Gasteiger partial charge is 0.377 e. The second-order valence-corrected chi connectivity index (χ2v) is 6.10. The van der Waals surface area contributed by atoms with Gasteiger partial charge in [-0.1, -0.05) is 54.2 Å². The van der Waals surface area contributed by atoms with Crippen molar-refractivity contribution in [3.8, 4) is 0 Å². The summed E-state index contributed by atoms with van der Waals surface area (Å²) in [5, 5.41) is 8.33. The Labute approximate surface area is 151 Å².